The average Bonchev–Trinajstić information content (AvgIpc) is 3.16. The first-order chi connectivity index (χ1) is 14.0. The fourth-order valence-corrected chi connectivity index (χ4v) is 3.62. The number of H-pyrrole nitrogens is 1. The molecule has 1 aliphatic heterocycles. The van der Waals surface area contributed by atoms with Gasteiger partial charge in [-0.1, -0.05) is 6.58 Å². The van der Waals surface area contributed by atoms with Gasteiger partial charge in [0.1, 0.15) is 5.69 Å². The fraction of sp³-hybridized carbons (Fsp3) is 0.136. The standard InChI is InChI=1S/C22H20N4O3/c1-2-20(27)26-9-3-4-13-10-14(5-8-19(13)26)22(29)24-16-6-7-17-15(11-16)12-18(25-17)21(23)28/h2,5-8,10-12,25H,1,3-4,9H2,(H2,23,28)(H,24,29). The van der Waals surface area contributed by atoms with Crippen molar-refractivity contribution in [2.24, 2.45) is 5.73 Å². The van der Waals surface area contributed by atoms with Gasteiger partial charge in [0.2, 0.25) is 5.91 Å². The second-order valence-electron chi connectivity index (χ2n) is 6.94. The highest BCUT2D eigenvalue weighted by Crippen LogP contribution is 2.29. The minimum absolute atomic E-state index is 0.140. The Morgan fingerprint density at radius 3 is 2.72 bits per heavy atom. The van der Waals surface area contributed by atoms with Gasteiger partial charge in [-0.3, -0.25) is 14.4 Å². The molecule has 0 atom stereocenters. The number of primary amides is 1. The van der Waals surface area contributed by atoms with Crippen LogP contribution < -0.4 is 16.0 Å². The van der Waals surface area contributed by atoms with E-state index in [0.717, 1.165) is 35.0 Å². The van der Waals surface area contributed by atoms with Crippen LogP contribution in [0.15, 0.2) is 55.1 Å². The van der Waals surface area contributed by atoms with Crippen molar-refractivity contribution in [2.75, 3.05) is 16.8 Å². The van der Waals surface area contributed by atoms with Crippen LogP contribution in [0.25, 0.3) is 10.9 Å². The minimum Gasteiger partial charge on any atom is -0.364 e. The summed E-state index contributed by atoms with van der Waals surface area (Å²) in [6.07, 6.45) is 2.95. The summed E-state index contributed by atoms with van der Waals surface area (Å²) in [5.74, 6) is -0.923. The number of benzene rings is 2. The van der Waals surface area contributed by atoms with E-state index in [0.29, 0.717) is 23.5 Å². The van der Waals surface area contributed by atoms with E-state index in [-0.39, 0.29) is 11.8 Å². The predicted molar refractivity (Wildman–Crippen MR) is 112 cm³/mol. The van der Waals surface area contributed by atoms with E-state index < -0.39 is 5.91 Å². The largest absolute Gasteiger partial charge is 0.364 e. The highest BCUT2D eigenvalue weighted by atomic mass is 16.2. The molecule has 0 saturated carbocycles. The van der Waals surface area contributed by atoms with Gasteiger partial charge in [0.25, 0.3) is 11.8 Å². The van der Waals surface area contributed by atoms with E-state index in [1.165, 1.54) is 6.08 Å². The van der Waals surface area contributed by atoms with Crippen LogP contribution in [-0.4, -0.2) is 29.3 Å². The molecule has 4 rings (SSSR count). The lowest BCUT2D eigenvalue weighted by molar-refractivity contribution is -0.114. The van der Waals surface area contributed by atoms with E-state index in [9.17, 15) is 14.4 Å². The van der Waals surface area contributed by atoms with E-state index in [2.05, 4.69) is 16.9 Å². The second kappa shape index (κ2) is 7.27. The Hall–Kier alpha value is -3.87. The number of aryl methyl sites for hydroxylation is 1. The molecule has 0 saturated heterocycles. The van der Waals surface area contributed by atoms with Crippen LogP contribution in [0.4, 0.5) is 11.4 Å². The number of aromatic nitrogens is 1. The number of anilines is 2. The number of carbonyl (C=O) groups excluding carboxylic acids is 3. The van der Waals surface area contributed by atoms with Gasteiger partial charge in [-0.05, 0) is 66.9 Å². The van der Waals surface area contributed by atoms with Gasteiger partial charge in [-0.2, -0.15) is 0 Å². The van der Waals surface area contributed by atoms with Crippen LogP contribution >= 0.6 is 0 Å². The van der Waals surface area contributed by atoms with Crippen LogP contribution in [-0.2, 0) is 11.2 Å². The van der Waals surface area contributed by atoms with Crippen molar-refractivity contribution < 1.29 is 14.4 Å². The van der Waals surface area contributed by atoms with Crippen molar-refractivity contribution in [3.05, 3.63) is 71.9 Å². The molecule has 0 aliphatic carbocycles. The number of nitrogens with one attached hydrogen (secondary N) is 2. The molecule has 146 valence electrons. The predicted octanol–water partition coefficient (Wildman–Crippen LogP) is 2.98. The number of aromatic amines is 1. The van der Waals surface area contributed by atoms with Crippen molar-refractivity contribution in [3.8, 4) is 0 Å². The molecule has 7 heteroatoms. The molecule has 0 bridgehead atoms. The van der Waals surface area contributed by atoms with Crippen LogP contribution in [0.3, 0.4) is 0 Å². The number of hydrogen-bond acceptors (Lipinski definition) is 3. The maximum atomic E-state index is 12.7. The van der Waals surface area contributed by atoms with E-state index in [1.54, 1.807) is 41.3 Å². The molecule has 1 aromatic heterocycles. The first kappa shape index (κ1) is 18.5. The first-order valence-corrected chi connectivity index (χ1v) is 9.27. The minimum atomic E-state index is -0.537. The van der Waals surface area contributed by atoms with Gasteiger partial charge in [-0.25, -0.2) is 0 Å². The van der Waals surface area contributed by atoms with Gasteiger partial charge in [0, 0.05) is 34.4 Å². The van der Waals surface area contributed by atoms with Crippen molar-refractivity contribution in [3.63, 3.8) is 0 Å². The zero-order chi connectivity index (χ0) is 20.5. The lowest BCUT2D eigenvalue weighted by Crippen LogP contribution is -2.34. The summed E-state index contributed by atoms with van der Waals surface area (Å²) in [6, 6.07) is 12.3. The van der Waals surface area contributed by atoms with Gasteiger partial charge in [0.05, 0.1) is 0 Å². The maximum Gasteiger partial charge on any atom is 0.265 e. The van der Waals surface area contributed by atoms with Crippen molar-refractivity contribution in [1.82, 2.24) is 4.98 Å². The summed E-state index contributed by atoms with van der Waals surface area (Å²) in [5, 5.41) is 3.65. The topological polar surface area (TPSA) is 108 Å². The number of nitrogens with zero attached hydrogens (tertiary/aromatic N) is 1. The summed E-state index contributed by atoms with van der Waals surface area (Å²) in [6.45, 7) is 4.20. The zero-order valence-corrected chi connectivity index (χ0v) is 15.7. The molecule has 0 fully saturated rings. The maximum absolute atomic E-state index is 12.7. The highest BCUT2D eigenvalue weighted by molar-refractivity contribution is 6.07. The zero-order valence-electron chi connectivity index (χ0n) is 15.7. The number of amides is 3. The molecule has 7 nitrogen and oxygen atoms in total. The summed E-state index contributed by atoms with van der Waals surface area (Å²) in [5.41, 5.74) is 9.29. The van der Waals surface area contributed by atoms with Crippen LogP contribution in [0, 0.1) is 0 Å². The molecule has 0 radical (unpaired) electrons. The Labute approximate surface area is 167 Å². The van der Waals surface area contributed by atoms with Crippen molar-refractivity contribution in [2.45, 2.75) is 12.8 Å². The second-order valence-corrected chi connectivity index (χ2v) is 6.94. The van der Waals surface area contributed by atoms with Crippen LogP contribution in [0.1, 0.15) is 32.8 Å². The Morgan fingerprint density at radius 1 is 1.14 bits per heavy atom. The van der Waals surface area contributed by atoms with Crippen LogP contribution in [0.2, 0.25) is 0 Å². The Kier molecular flexibility index (Phi) is 4.64. The Bertz CT molecular complexity index is 1160. The van der Waals surface area contributed by atoms with Crippen molar-refractivity contribution in [1.29, 1.82) is 0 Å². The third-order valence-corrected chi connectivity index (χ3v) is 5.05. The molecule has 1 aliphatic rings. The number of rotatable bonds is 4. The normalized spacial score (nSPS) is 13.0. The monoisotopic (exact) mass is 388 g/mol. The molecule has 0 unspecified atom stereocenters. The van der Waals surface area contributed by atoms with Gasteiger partial charge in [-0.15, -0.1) is 0 Å². The summed E-state index contributed by atoms with van der Waals surface area (Å²) < 4.78 is 0. The highest BCUT2D eigenvalue weighted by Gasteiger charge is 2.22. The lowest BCUT2D eigenvalue weighted by atomic mass is 9.98. The molecule has 2 aromatic carbocycles. The third-order valence-electron chi connectivity index (χ3n) is 5.05. The molecular formula is C22H20N4O3. The smallest absolute Gasteiger partial charge is 0.265 e. The third kappa shape index (κ3) is 3.50. The number of nitrogens with two attached hydrogens (primary N) is 1. The van der Waals surface area contributed by atoms with Crippen molar-refractivity contribution >= 4 is 40.0 Å². The van der Waals surface area contributed by atoms with E-state index in [4.69, 9.17) is 5.73 Å². The molecule has 4 N–H and O–H groups in total. The summed E-state index contributed by atoms with van der Waals surface area (Å²) >= 11 is 0. The Morgan fingerprint density at radius 2 is 1.97 bits per heavy atom. The fourth-order valence-electron chi connectivity index (χ4n) is 3.62. The summed E-state index contributed by atoms with van der Waals surface area (Å²) in [7, 11) is 0. The molecule has 3 amide bonds. The molecule has 3 aromatic rings. The molecular weight excluding hydrogens is 368 g/mol. The van der Waals surface area contributed by atoms with E-state index in [1.807, 2.05) is 6.07 Å². The lowest BCUT2D eigenvalue weighted by Gasteiger charge is -2.28. The SMILES string of the molecule is C=CC(=O)N1CCCc2cc(C(=O)Nc3ccc4[nH]c(C(N)=O)cc4c3)ccc21. The summed E-state index contributed by atoms with van der Waals surface area (Å²) in [4.78, 5) is 40.7. The van der Waals surface area contributed by atoms with Gasteiger partial charge in [0.15, 0.2) is 0 Å². The first-order valence-electron chi connectivity index (χ1n) is 9.27. The number of hydrogen-bond donors (Lipinski definition) is 3. The molecule has 0 spiro atoms. The number of fused-ring (bicyclic) bond motifs is 2. The Balaban J connectivity index is 1.57. The quantitative estimate of drug-likeness (QED) is 0.598. The van der Waals surface area contributed by atoms with Gasteiger partial charge < -0.3 is 20.9 Å². The molecule has 2 heterocycles. The average molecular weight is 388 g/mol. The van der Waals surface area contributed by atoms with E-state index >= 15 is 0 Å². The molecule has 29 heavy (non-hydrogen) atoms. The van der Waals surface area contributed by atoms with Gasteiger partial charge >= 0.3 is 0 Å². The number of carbonyl (C=O) groups is 3. The van der Waals surface area contributed by atoms with Crippen LogP contribution in [0.5, 0.6) is 0 Å².